The number of aromatic nitrogens is 1. The third-order valence-electron chi connectivity index (χ3n) is 3.04. The number of hydrogen-bond acceptors (Lipinski definition) is 7. The second-order valence-electron chi connectivity index (χ2n) is 4.70. The molecule has 0 fully saturated rings. The van der Waals surface area contributed by atoms with Gasteiger partial charge in [0.2, 0.25) is 0 Å². The number of furan rings is 1. The van der Waals surface area contributed by atoms with Crippen LogP contribution in [0.5, 0.6) is 5.75 Å². The number of halogens is 1. The lowest BCUT2D eigenvalue weighted by atomic mass is 10.3. The fourth-order valence-electron chi connectivity index (χ4n) is 1.86. The average Bonchev–Trinajstić information content (AvgIpc) is 3.26. The van der Waals surface area contributed by atoms with Gasteiger partial charge < -0.3 is 14.5 Å². The minimum atomic E-state index is -0.446. The zero-order valence-electron chi connectivity index (χ0n) is 13.0. The summed E-state index contributed by atoms with van der Waals surface area (Å²) in [6, 6.07) is 10.6. The number of ether oxygens (including phenoxy) is 1. The predicted octanol–water partition coefficient (Wildman–Crippen LogP) is 3.91. The fraction of sp³-hybridized carbons (Fsp3) is 0.0625. The number of carbonyl (C=O) groups excluding carboxylic acids is 1. The Morgan fingerprint density at radius 3 is 2.84 bits per heavy atom. The number of methoxy groups -OCH3 is 1. The zero-order chi connectivity index (χ0) is 17.6. The number of hydrogen-bond donors (Lipinski definition) is 2. The normalized spacial score (nSPS) is 10.8. The van der Waals surface area contributed by atoms with Crippen LogP contribution < -0.4 is 15.5 Å². The van der Waals surface area contributed by atoms with Crippen LogP contribution >= 0.6 is 22.9 Å². The molecule has 3 aromatic rings. The quantitative estimate of drug-likeness (QED) is 0.503. The van der Waals surface area contributed by atoms with Crippen molar-refractivity contribution < 1.29 is 13.9 Å². The smallest absolute Gasteiger partial charge is 0.307 e. The van der Waals surface area contributed by atoms with Crippen molar-refractivity contribution in [2.24, 2.45) is 5.10 Å². The summed E-state index contributed by atoms with van der Waals surface area (Å²) in [6.07, 6.45) is 2.84. The molecule has 25 heavy (non-hydrogen) atoms. The Balaban J connectivity index is 1.63. The molecular formula is C16H13ClN4O3S. The van der Waals surface area contributed by atoms with Crippen molar-refractivity contribution in [2.75, 3.05) is 12.4 Å². The zero-order valence-corrected chi connectivity index (χ0v) is 14.6. The van der Waals surface area contributed by atoms with E-state index in [0.29, 0.717) is 10.0 Å². The first kappa shape index (κ1) is 17.0. The molecule has 1 aromatic carbocycles. The fourth-order valence-corrected chi connectivity index (χ4v) is 2.91. The Hall–Kier alpha value is -2.84. The molecule has 0 aliphatic carbocycles. The summed E-state index contributed by atoms with van der Waals surface area (Å²) in [5, 5.41) is 7.89. The maximum absolute atomic E-state index is 11.7. The number of carbonyl (C=O) groups is 1. The van der Waals surface area contributed by atoms with Gasteiger partial charge in [-0.15, -0.1) is 0 Å². The van der Waals surface area contributed by atoms with Crippen LogP contribution in [0.3, 0.4) is 0 Å². The van der Waals surface area contributed by atoms with Gasteiger partial charge in [0.15, 0.2) is 16.0 Å². The van der Waals surface area contributed by atoms with Crippen molar-refractivity contribution in [1.82, 2.24) is 10.4 Å². The summed E-state index contributed by atoms with van der Waals surface area (Å²) >= 11 is 7.39. The molecular weight excluding hydrogens is 364 g/mol. The van der Waals surface area contributed by atoms with Gasteiger partial charge in [-0.2, -0.15) is 5.10 Å². The second-order valence-corrected chi connectivity index (χ2v) is 6.09. The summed E-state index contributed by atoms with van der Waals surface area (Å²) in [4.78, 5) is 16.5. The third-order valence-corrected chi connectivity index (χ3v) is 4.35. The van der Waals surface area contributed by atoms with Gasteiger partial charge in [0.25, 0.3) is 0 Å². The molecule has 0 atom stereocenters. The summed E-state index contributed by atoms with van der Waals surface area (Å²) in [6.45, 7) is 0. The Kier molecular flexibility index (Phi) is 5.32. The van der Waals surface area contributed by atoms with Crippen molar-refractivity contribution in [1.29, 1.82) is 0 Å². The van der Waals surface area contributed by atoms with E-state index >= 15 is 0 Å². The second kappa shape index (κ2) is 7.82. The van der Waals surface area contributed by atoms with Crippen molar-refractivity contribution in [3.63, 3.8) is 0 Å². The Morgan fingerprint density at radius 1 is 1.36 bits per heavy atom. The molecule has 0 aliphatic rings. The molecule has 0 saturated carbocycles. The lowest BCUT2D eigenvalue weighted by Crippen LogP contribution is -2.16. The lowest BCUT2D eigenvalue weighted by Gasteiger charge is -2.03. The largest absolute Gasteiger partial charge is 0.497 e. The molecule has 0 bridgehead atoms. The predicted molar refractivity (Wildman–Crippen MR) is 97.2 cm³/mol. The molecule has 2 aromatic heterocycles. The van der Waals surface area contributed by atoms with Gasteiger partial charge in [0, 0.05) is 5.69 Å². The molecule has 2 N–H and O–H groups in total. The SMILES string of the molecule is COc1ccc(Nc2nc(Cl)c(/C=N/NC(=O)c3ccco3)s2)cc1. The Bertz CT molecular complexity index is 875. The van der Waals surface area contributed by atoms with Gasteiger partial charge in [0.05, 0.1) is 24.5 Å². The number of amides is 1. The van der Waals surface area contributed by atoms with Gasteiger partial charge in [-0.3, -0.25) is 4.79 Å². The maximum Gasteiger partial charge on any atom is 0.307 e. The molecule has 7 nitrogen and oxygen atoms in total. The molecule has 9 heteroatoms. The highest BCUT2D eigenvalue weighted by Gasteiger charge is 2.09. The van der Waals surface area contributed by atoms with E-state index in [4.69, 9.17) is 20.8 Å². The lowest BCUT2D eigenvalue weighted by molar-refractivity contribution is 0.0927. The summed E-state index contributed by atoms with van der Waals surface area (Å²) < 4.78 is 10.1. The van der Waals surface area contributed by atoms with Crippen LogP contribution in [0.4, 0.5) is 10.8 Å². The summed E-state index contributed by atoms with van der Waals surface area (Å²) in [7, 11) is 1.61. The number of benzene rings is 1. The van der Waals surface area contributed by atoms with Crippen LogP contribution in [0, 0.1) is 0 Å². The van der Waals surface area contributed by atoms with Crippen LogP contribution in [-0.2, 0) is 0 Å². The van der Waals surface area contributed by atoms with Crippen LogP contribution in [0.1, 0.15) is 15.4 Å². The third kappa shape index (κ3) is 4.37. The summed E-state index contributed by atoms with van der Waals surface area (Å²) in [5.41, 5.74) is 3.20. The number of anilines is 2. The van der Waals surface area contributed by atoms with Crippen molar-refractivity contribution in [2.45, 2.75) is 0 Å². The molecule has 1 amide bonds. The maximum atomic E-state index is 11.7. The van der Waals surface area contributed by atoms with Crippen LogP contribution in [0.15, 0.2) is 52.2 Å². The molecule has 0 unspecified atom stereocenters. The van der Waals surface area contributed by atoms with E-state index in [1.165, 1.54) is 23.8 Å². The molecule has 2 heterocycles. The monoisotopic (exact) mass is 376 g/mol. The van der Waals surface area contributed by atoms with Gasteiger partial charge in [-0.05, 0) is 36.4 Å². The van der Waals surface area contributed by atoms with E-state index in [0.717, 1.165) is 11.4 Å². The topological polar surface area (TPSA) is 88.8 Å². The highest BCUT2D eigenvalue weighted by molar-refractivity contribution is 7.17. The summed E-state index contributed by atoms with van der Waals surface area (Å²) in [5.74, 6) is 0.496. The number of thiazole rings is 1. The molecule has 3 rings (SSSR count). The standard InChI is InChI=1S/C16H13ClN4O3S/c1-23-11-6-4-10(5-7-11)19-16-20-14(17)13(25-16)9-18-21-15(22)12-3-2-8-24-12/h2-9H,1H3,(H,19,20)(H,21,22)/b18-9+. The van der Waals surface area contributed by atoms with E-state index in [-0.39, 0.29) is 10.9 Å². The van der Waals surface area contributed by atoms with E-state index < -0.39 is 5.91 Å². The number of nitrogens with one attached hydrogen (secondary N) is 2. The molecule has 0 radical (unpaired) electrons. The molecule has 0 aliphatic heterocycles. The molecule has 128 valence electrons. The Morgan fingerprint density at radius 2 is 2.16 bits per heavy atom. The number of hydrazone groups is 1. The van der Waals surface area contributed by atoms with Crippen LogP contribution in [0.2, 0.25) is 5.15 Å². The highest BCUT2D eigenvalue weighted by atomic mass is 35.5. The molecule has 0 spiro atoms. The number of nitrogens with zero attached hydrogens (tertiary/aromatic N) is 2. The van der Waals surface area contributed by atoms with Gasteiger partial charge >= 0.3 is 5.91 Å². The van der Waals surface area contributed by atoms with Crippen molar-refractivity contribution in [3.8, 4) is 5.75 Å². The number of rotatable bonds is 6. The van der Waals surface area contributed by atoms with E-state index in [1.807, 2.05) is 24.3 Å². The van der Waals surface area contributed by atoms with Gasteiger partial charge in [-0.1, -0.05) is 22.9 Å². The van der Waals surface area contributed by atoms with Crippen LogP contribution in [0.25, 0.3) is 0 Å². The first-order chi connectivity index (χ1) is 12.2. The minimum Gasteiger partial charge on any atom is -0.497 e. The van der Waals surface area contributed by atoms with E-state index in [2.05, 4.69) is 20.8 Å². The van der Waals surface area contributed by atoms with Crippen LogP contribution in [-0.4, -0.2) is 24.2 Å². The van der Waals surface area contributed by atoms with E-state index in [1.54, 1.807) is 19.2 Å². The van der Waals surface area contributed by atoms with Gasteiger partial charge in [0.1, 0.15) is 5.75 Å². The van der Waals surface area contributed by atoms with Crippen molar-refractivity contribution in [3.05, 3.63) is 58.5 Å². The Labute approximate surface area is 152 Å². The van der Waals surface area contributed by atoms with Crippen molar-refractivity contribution >= 4 is 45.9 Å². The first-order valence-corrected chi connectivity index (χ1v) is 8.29. The highest BCUT2D eigenvalue weighted by Crippen LogP contribution is 2.28. The average molecular weight is 377 g/mol. The van der Waals surface area contributed by atoms with E-state index in [9.17, 15) is 4.79 Å². The minimum absolute atomic E-state index is 0.175. The van der Waals surface area contributed by atoms with Gasteiger partial charge in [-0.25, -0.2) is 10.4 Å². The molecule has 0 saturated heterocycles. The first-order valence-electron chi connectivity index (χ1n) is 7.10.